The zero-order valence-corrected chi connectivity index (χ0v) is 16.1. The van der Waals surface area contributed by atoms with Crippen molar-refractivity contribution < 1.29 is 18.4 Å². The van der Waals surface area contributed by atoms with Gasteiger partial charge >= 0.3 is 0 Å². The average Bonchev–Trinajstić information content (AvgIpc) is 3.16. The zero-order chi connectivity index (χ0) is 20.5. The first-order valence-corrected chi connectivity index (χ1v) is 9.17. The normalized spacial score (nSPS) is 15.7. The van der Waals surface area contributed by atoms with Crippen molar-refractivity contribution in [2.75, 3.05) is 4.90 Å². The van der Waals surface area contributed by atoms with E-state index < -0.39 is 11.8 Å². The number of furan rings is 1. The van der Waals surface area contributed by atoms with Gasteiger partial charge in [0.05, 0.1) is 5.69 Å². The summed E-state index contributed by atoms with van der Waals surface area (Å²) in [6, 6.07) is 16.4. The van der Waals surface area contributed by atoms with Gasteiger partial charge in [0.25, 0.3) is 11.8 Å². The monoisotopic (exact) mass is 406 g/mol. The molecule has 29 heavy (non-hydrogen) atoms. The molecule has 0 spiro atoms. The van der Waals surface area contributed by atoms with Crippen molar-refractivity contribution in [1.82, 2.24) is 5.32 Å². The van der Waals surface area contributed by atoms with Crippen LogP contribution in [0.5, 0.6) is 0 Å². The SMILES string of the molecule is Cc1ccc(N2C(=O)/C(=C\c3ccc(-c4ccc(F)cc4)o3)C(=O)NC2=S)cc1. The van der Waals surface area contributed by atoms with Gasteiger partial charge in [-0.3, -0.25) is 19.8 Å². The number of benzene rings is 2. The van der Waals surface area contributed by atoms with E-state index in [2.05, 4.69) is 5.32 Å². The van der Waals surface area contributed by atoms with Crippen LogP contribution in [0.2, 0.25) is 0 Å². The molecule has 7 heteroatoms. The number of halogens is 1. The second-order valence-electron chi connectivity index (χ2n) is 6.50. The predicted molar refractivity (Wildman–Crippen MR) is 111 cm³/mol. The second-order valence-corrected chi connectivity index (χ2v) is 6.89. The maximum absolute atomic E-state index is 13.1. The molecule has 1 aliphatic rings. The highest BCUT2D eigenvalue weighted by Gasteiger charge is 2.34. The highest BCUT2D eigenvalue weighted by molar-refractivity contribution is 7.80. The summed E-state index contributed by atoms with van der Waals surface area (Å²) in [6.45, 7) is 1.93. The number of carbonyl (C=O) groups excluding carboxylic acids is 2. The number of aryl methyl sites for hydroxylation is 1. The lowest BCUT2D eigenvalue weighted by atomic mass is 10.1. The Morgan fingerprint density at radius 2 is 1.69 bits per heavy atom. The summed E-state index contributed by atoms with van der Waals surface area (Å²) in [6.07, 6.45) is 1.37. The van der Waals surface area contributed by atoms with E-state index in [-0.39, 0.29) is 16.5 Å². The summed E-state index contributed by atoms with van der Waals surface area (Å²) in [5, 5.41) is 2.55. The highest BCUT2D eigenvalue weighted by atomic mass is 32.1. The van der Waals surface area contributed by atoms with Crippen molar-refractivity contribution >= 4 is 40.9 Å². The molecule has 1 aliphatic heterocycles. The van der Waals surface area contributed by atoms with Crippen molar-refractivity contribution in [3.05, 3.63) is 83.4 Å². The molecule has 0 radical (unpaired) electrons. The molecule has 0 atom stereocenters. The van der Waals surface area contributed by atoms with Gasteiger partial charge in [0.1, 0.15) is 22.9 Å². The van der Waals surface area contributed by atoms with Gasteiger partial charge in [-0.15, -0.1) is 0 Å². The van der Waals surface area contributed by atoms with Gasteiger partial charge in [0.2, 0.25) is 0 Å². The van der Waals surface area contributed by atoms with Crippen molar-refractivity contribution in [2.45, 2.75) is 6.92 Å². The van der Waals surface area contributed by atoms with Gasteiger partial charge in [-0.25, -0.2) is 4.39 Å². The van der Waals surface area contributed by atoms with Crippen LogP contribution >= 0.6 is 12.2 Å². The smallest absolute Gasteiger partial charge is 0.270 e. The van der Waals surface area contributed by atoms with Gasteiger partial charge < -0.3 is 4.42 Å². The van der Waals surface area contributed by atoms with Crippen LogP contribution in [0.4, 0.5) is 10.1 Å². The number of hydrogen-bond donors (Lipinski definition) is 1. The number of nitrogens with one attached hydrogen (secondary N) is 1. The molecule has 2 aromatic carbocycles. The lowest BCUT2D eigenvalue weighted by Crippen LogP contribution is -2.54. The number of rotatable bonds is 3. The standard InChI is InChI=1S/C22H15FN2O3S/c1-13-2-8-16(9-3-13)25-21(27)18(20(26)24-22(25)29)12-17-10-11-19(28-17)14-4-6-15(23)7-5-14/h2-12H,1H3,(H,24,26,29)/b18-12-. The van der Waals surface area contributed by atoms with Crippen LogP contribution in [0.25, 0.3) is 17.4 Å². The number of thiocarbonyl (C=S) groups is 1. The molecule has 144 valence electrons. The third kappa shape index (κ3) is 3.72. The average molecular weight is 406 g/mol. The maximum atomic E-state index is 13.1. The fourth-order valence-corrected chi connectivity index (χ4v) is 3.21. The topological polar surface area (TPSA) is 62.6 Å². The summed E-state index contributed by atoms with van der Waals surface area (Å²) in [4.78, 5) is 26.6. The molecule has 0 aliphatic carbocycles. The third-order valence-corrected chi connectivity index (χ3v) is 4.72. The van der Waals surface area contributed by atoms with Gasteiger partial charge in [-0.05, 0) is 73.7 Å². The molecule has 1 fully saturated rings. The molecule has 1 aromatic heterocycles. The number of nitrogens with zero attached hydrogens (tertiary/aromatic N) is 1. The molecular weight excluding hydrogens is 391 g/mol. The zero-order valence-electron chi connectivity index (χ0n) is 15.3. The van der Waals surface area contributed by atoms with E-state index >= 15 is 0 Å². The minimum Gasteiger partial charge on any atom is -0.457 e. The minimum atomic E-state index is -0.594. The molecule has 1 saturated heterocycles. The van der Waals surface area contributed by atoms with E-state index in [1.54, 1.807) is 36.4 Å². The molecule has 2 heterocycles. The van der Waals surface area contributed by atoms with E-state index in [9.17, 15) is 14.0 Å². The van der Waals surface area contributed by atoms with Gasteiger partial charge in [0.15, 0.2) is 5.11 Å². The Balaban J connectivity index is 1.66. The van der Waals surface area contributed by atoms with E-state index in [0.29, 0.717) is 22.8 Å². The summed E-state index contributed by atoms with van der Waals surface area (Å²) in [5.41, 5.74) is 2.17. The molecule has 1 N–H and O–H groups in total. The lowest BCUT2D eigenvalue weighted by molar-refractivity contribution is -0.122. The Hall–Kier alpha value is -3.58. The van der Waals surface area contributed by atoms with Crippen LogP contribution < -0.4 is 10.2 Å². The van der Waals surface area contributed by atoms with Crippen molar-refractivity contribution in [1.29, 1.82) is 0 Å². The largest absolute Gasteiger partial charge is 0.457 e. The Kier molecular flexibility index (Phi) is 4.82. The number of amides is 2. The Morgan fingerprint density at radius 1 is 1.00 bits per heavy atom. The molecule has 0 unspecified atom stereocenters. The Bertz CT molecular complexity index is 1150. The third-order valence-electron chi connectivity index (χ3n) is 4.44. The second kappa shape index (κ2) is 7.44. The first kappa shape index (κ1) is 18.8. The lowest BCUT2D eigenvalue weighted by Gasteiger charge is -2.28. The number of anilines is 1. The summed E-state index contributed by atoms with van der Waals surface area (Å²) in [7, 11) is 0. The fraction of sp³-hybridized carbons (Fsp3) is 0.0455. The summed E-state index contributed by atoms with van der Waals surface area (Å²) >= 11 is 5.18. The molecule has 2 amide bonds. The molecule has 0 bridgehead atoms. The van der Waals surface area contributed by atoms with Crippen LogP contribution in [0.15, 0.2) is 70.7 Å². The minimum absolute atomic E-state index is 0.0208. The van der Waals surface area contributed by atoms with E-state index in [1.165, 1.54) is 23.1 Å². The molecular formula is C22H15FN2O3S. The molecule has 0 saturated carbocycles. The van der Waals surface area contributed by atoms with E-state index in [0.717, 1.165) is 5.56 Å². The van der Waals surface area contributed by atoms with E-state index in [1.807, 2.05) is 19.1 Å². The number of carbonyl (C=O) groups is 2. The van der Waals surface area contributed by atoms with Gasteiger partial charge in [-0.2, -0.15) is 0 Å². The van der Waals surface area contributed by atoms with E-state index in [4.69, 9.17) is 16.6 Å². The highest BCUT2D eigenvalue weighted by Crippen LogP contribution is 2.26. The Morgan fingerprint density at radius 3 is 2.38 bits per heavy atom. The quantitative estimate of drug-likeness (QED) is 0.402. The van der Waals surface area contributed by atoms with Crippen molar-refractivity contribution in [3.8, 4) is 11.3 Å². The van der Waals surface area contributed by atoms with Crippen LogP contribution in [-0.2, 0) is 9.59 Å². The summed E-state index contributed by atoms with van der Waals surface area (Å²) in [5.74, 6) is -0.671. The van der Waals surface area contributed by atoms with Gasteiger partial charge in [-0.1, -0.05) is 17.7 Å². The molecule has 3 aromatic rings. The molecule has 4 rings (SSSR count). The molecule has 5 nitrogen and oxygen atoms in total. The first-order chi connectivity index (χ1) is 13.9. The maximum Gasteiger partial charge on any atom is 0.270 e. The van der Waals surface area contributed by atoms with Gasteiger partial charge in [0, 0.05) is 5.56 Å². The van der Waals surface area contributed by atoms with Crippen molar-refractivity contribution in [3.63, 3.8) is 0 Å². The fourth-order valence-electron chi connectivity index (χ4n) is 2.93. The number of hydrogen-bond acceptors (Lipinski definition) is 4. The summed E-state index contributed by atoms with van der Waals surface area (Å²) < 4.78 is 18.8. The van der Waals surface area contributed by atoms with Crippen LogP contribution in [-0.4, -0.2) is 16.9 Å². The van der Waals surface area contributed by atoms with Crippen LogP contribution in [0.1, 0.15) is 11.3 Å². The van der Waals surface area contributed by atoms with Crippen LogP contribution in [0.3, 0.4) is 0 Å². The predicted octanol–water partition coefficient (Wildman–Crippen LogP) is 4.23. The first-order valence-electron chi connectivity index (χ1n) is 8.76. The van der Waals surface area contributed by atoms with Crippen molar-refractivity contribution in [2.24, 2.45) is 0 Å². The van der Waals surface area contributed by atoms with Crippen LogP contribution in [0, 0.1) is 12.7 Å². The Labute approximate surface area is 171 Å².